The largest absolute Gasteiger partial charge is 0.452 e. The van der Waals surface area contributed by atoms with E-state index >= 15 is 0 Å². The van der Waals surface area contributed by atoms with Crippen LogP contribution in [-0.2, 0) is 14.9 Å². The van der Waals surface area contributed by atoms with Crippen LogP contribution in [0.2, 0.25) is 0 Å². The maximum absolute atomic E-state index is 11.5. The van der Waals surface area contributed by atoms with Gasteiger partial charge in [-0.3, -0.25) is 0 Å². The second-order valence-electron chi connectivity index (χ2n) is 2.69. The highest BCUT2D eigenvalue weighted by molar-refractivity contribution is 7.87. The van der Waals surface area contributed by atoms with E-state index in [0.29, 0.717) is 13.0 Å². The minimum absolute atomic E-state index is 0.154. The maximum atomic E-state index is 11.5. The molecule has 0 fully saturated rings. The predicted molar refractivity (Wildman–Crippen MR) is 57.0 cm³/mol. The number of amides is 1. The Morgan fingerprint density at radius 1 is 1.47 bits per heavy atom. The number of carbonyl (C=O) groups is 1. The van der Waals surface area contributed by atoms with Gasteiger partial charge >= 0.3 is 16.3 Å². The third kappa shape index (κ3) is 5.19. The zero-order valence-electron chi connectivity index (χ0n) is 8.69. The van der Waals surface area contributed by atoms with Gasteiger partial charge in [0.2, 0.25) is 0 Å². The molecule has 0 aliphatic carbocycles. The molecule has 0 rings (SSSR count). The van der Waals surface area contributed by atoms with Crippen LogP contribution in [-0.4, -0.2) is 44.9 Å². The van der Waals surface area contributed by atoms with Crippen molar-refractivity contribution in [3.63, 3.8) is 0 Å². The molecule has 0 radical (unpaired) electrons. The Bertz CT molecular complexity index is 287. The molecule has 6 nitrogen and oxygen atoms in total. The van der Waals surface area contributed by atoms with Crippen molar-refractivity contribution in [1.29, 1.82) is 0 Å². The highest BCUT2D eigenvalue weighted by Crippen LogP contribution is 2.00. The number of rotatable bonds is 6. The first kappa shape index (κ1) is 14.5. The van der Waals surface area contributed by atoms with Crippen molar-refractivity contribution in [2.75, 3.05) is 26.1 Å². The number of hydrogen-bond donors (Lipinski definition) is 1. The van der Waals surface area contributed by atoms with E-state index in [0.717, 1.165) is 11.4 Å². The van der Waals surface area contributed by atoms with Crippen LogP contribution in [0.1, 0.15) is 13.3 Å². The molecule has 0 atom stereocenters. The van der Waals surface area contributed by atoms with Crippen molar-refractivity contribution in [3.05, 3.63) is 0 Å². The molecular formula is C7H15ClN2O4S. The molecule has 0 aliphatic heterocycles. The van der Waals surface area contributed by atoms with Gasteiger partial charge in [0.25, 0.3) is 0 Å². The molecule has 1 N–H and O–H groups in total. The Morgan fingerprint density at radius 3 is 2.47 bits per heavy atom. The van der Waals surface area contributed by atoms with E-state index in [1.165, 1.54) is 0 Å². The number of ether oxygens (including phenoxy) is 1. The first-order valence-corrected chi connectivity index (χ1v) is 6.37. The van der Waals surface area contributed by atoms with Crippen LogP contribution in [0.3, 0.4) is 0 Å². The first-order chi connectivity index (χ1) is 6.97. The van der Waals surface area contributed by atoms with Gasteiger partial charge in [0, 0.05) is 19.0 Å². The average Bonchev–Trinajstić information content (AvgIpc) is 2.16. The average molecular weight is 259 g/mol. The SMILES string of the molecule is CCCN(CCCl)S(=O)(=O)NC(=O)OC. The van der Waals surface area contributed by atoms with Crippen LogP contribution in [0, 0.1) is 0 Å². The minimum atomic E-state index is -3.83. The van der Waals surface area contributed by atoms with Crippen LogP contribution < -0.4 is 4.72 Å². The molecule has 0 aromatic carbocycles. The highest BCUT2D eigenvalue weighted by Gasteiger charge is 2.23. The number of hydrogen-bond acceptors (Lipinski definition) is 4. The molecule has 90 valence electrons. The summed E-state index contributed by atoms with van der Waals surface area (Å²) < 4.78 is 30.1. The molecule has 0 bridgehead atoms. The molecule has 0 aromatic heterocycles. The second-order valence-corrected chi connectivity index (χ2v) is 4.74. The van der Waals surface area contributed by atoms with Crippen molar-refractivity contribution in [2.45, 2.75) is 13.3 Å². The number of nitrogens with zero attached hydrogens (tertiary/aromatic N) is 1. The Hall–Kier alpha value is -0.530. The topological polar surface area (TPSA) is 75.7 Å². The third-order valence-corrected chi connectivity index (χ3v) is 3.18. The smallest absolute Gasteiger partial charge is 0.421 e. The molecule has 8 heteroatoms. The summed E-state index contributed by atoms with van der Waals surface area (Å²) in [4.78, 5) is 10.8. The molecule has 0 heterocycles. The zero-order valence-corrected chi connectivity index (χ0v) is 10.3. The van der Waals surface area contributed by atoms with Gasteiger partial charge in [-0.1, -0.05) is 6.92 Å². The lowest BCUT2D eigenvalue weighted by molar-refractivity contribution is 0.177. The van der Waals surface area contributed by atoms with E-state index in [1.54, 1.807) is 4.72 Å². The van der Waals surface area contributed by atoms with Gasteiger partial charge in [-0.05, 0) is 6.42 Å². The van der Waals surface area contributed by atoms with E-state index in [2.05, 4.69) is 4.74 Å². The van der Waals surface area contributed by atoms with Crippen LogP contribution in [0.15, 0.2) is 0 Å². The Balaban J connectivity index is 4.56. The zero-order chi connectivity index (χ0) is 11.9. The fourth-order valence-electron chi connectivity index (χ4n) is 0.907. The van der Waals surface area contributed by atoms with E-state index in [1.807, 2.05) is 6.92 Å². The van der Waals surface area contributed by atoms with Gasteiger partial charge in [-0.25, -0.2) is 9.52 Å². The van der Waals surface area contributed by atoms with Gasteiger partial charge in [0.15, 0.2) is 0 Å². The van der Waals surface area contributed by atoms with Gasteiger partial charge in [-0.15, -0.1) is 11.6 Å². The molecular weight excluding hydrogens is 244 g/mol. The number of halogens is 1. The molecule has 0 unspecified atom stereocenters. The van der Waals surface area contributed by atoms with Gasteiger partial charge in [0.05, 0.1) is 7.11 Å². The van der Waals surface area contributed by atoms with Crippen molar-refractivity contribution in [3.8, 4) is 0 Å². The van der Waals surface area contributed by atoms with Gasteiger partial charge in [-0.2, -0.15) is 12.7 Å². The Morgan fingerprint density at radius 2 is 2.07 bits per heavy atom. The van der Waals surface area contributed by atoms with E-state index in [-0.39, 0.29) is 12.4 Å². The number of nitrogens with one attached hydrogen (secondary N) is 1. The monoisotopic (exact) mass is 258 g/mol. The maximum Gasteiger partial charge on any atom is 0.421 e. The lowest BCUT2D eigenvalue weighted by Gasteiger charge is -2.19. The summed E-state index contributed by atoms with van der Waals surface area (Å²) in [5, 5.41) is 0. The Kier molecular flexibility index (Phi) is 6.62. The van der Waals surface area contributed by atoms with Crippen LogP contribution in [0.5, 0.6) is 0 Å². The normalized spacial score (nSPS) is 11.5. The summed E-state index contributed by atoms with van der Waals surface area (Å²) >= 11 is 5.46. The molecule has 0 aromatic rings. The first-order valence-electron chi connectivity index (χ1n) is 4.39. The standard InChI is InChI=1S/C7H15ClN2O4S/c1-3-5-10(6-4-8)15(12,13)9-7(11)14-2/h3-6H2,1-2H3,(H,9,11). The molecule has 0 saturated heterocycles. The summed E-state index contributed by atoms with van der Waals surface area (Å²) in [6, 6.07) is 0. The van der Waals surface area contributed by atoms with Crippen LogP contribution in [0.4, 0.5) is 4.79 Å². The fraction of sp³-hybridized carbons (Fsp3) is 0.857. The summed E-state index contributed by atoms with van der Waals surface area (Å²) in [7, 11) is -2.74. The van der Waals surface area contributed by atoms with E-state index in [9.17, 15) is 13.2 Å². The fourth-order valence-corrected chi connectivity index (χ4v) is 2.39. The number of methoxy groups -OCH3 is 1. The van der Waals surface area contributed by atoms with E-state index in [4.69, 9.17) is 11.6 Å². The highest BCUT2D eigenvalue weighted by atomic mass is 35.5. The van der Waals surface area contributed by atoms with E-state index < -0.39 is 16.3 Å². The quantitative estimate of drug-likeness (QED) is 0.706. The van der Waals surface area contributed by atoms with Crippen LogP contribution >= 0.6 is 11.6 Å². The number of carbonyl (C=O) groups excluding carboxylic acids is 1. The predicted octanol–water partition coefficient (Wildman–Crippen LogP) is 0.538. The molecule has 0 aliphatic rings. The summed E-state index contributed by atoms with van der Waals surface area (Å²) in [6.07, 6.45) is -0.371. The number of alkyl halides is 1. The Labute approximate surface area is 94.7 Å². The van der Waals surface area contributed by atoms with Gasteiger partial charge < -0.3 is 4.74 Å². The van der Waals surface area contributed by atoms with Gasteiger partial charge in [0.1, 0.15) is 0 Å². The minimum Gasteiger partial charge on any atom is -0.452 e. The molecule has 0 spiro atoms. The second kappa shape index (κ2) is 6.86. The summed E-state index contributed by atoms with van der Waals surface area (Å²) in [6.45, 7) is 2.29. The summed E-state index contributed by atoms with van der Waals surface area (Å²) in [5.74, 6) is 0.169. The van der Waals surface area contributed by atoms with Crippen molar-refractivity contribution >= 4 is 27.9 Å². The van der Waals surface area contributed by atoms with Crippen LogP contribution in [0.25, 0.3) is 0 Å². The summed E-state index contributed by atoms with van der Waals surface area (Å²) in [5.41, 5.74) is 0. The molecule has 0 saturated carbocycles. The molecule has 1 amide bonds. The lowest BCUT2D eigenvalue weighted by Crippen LogP contribution is -2.44. The molecule has 15 heavy (non-hydrogen) atoms. The lowest BCUT2D eigenvalue weighted by atomic mass is 10.5. The van der Waals surface area contributed by atoms with Crippen molar-refractivity contribution < 1.29 is 17.9 Å². The van der Waals surface area contributed by atoms with Crippen molar-refractivity contribution in [1.82, 2.24) is 9.03 Å². The van der Waals surface area contributed by atoms with Crippen molar-refractivity contribution in [2.24, 2.45) is 0 Å². The third-order valence-electron chi connectivity index (χ3n) is 1.54.